The number of thioether (sulfide) groups is 1. The van der Waals surface area contributed by atoms with Crippen molar-refractivity contribution in [2.24, 2.45) is 0 Å². The smallest absolute Gasteiger partial charge is 0.273 e. The summed E-state index contributed by atoms with van der Waals surface area (Å²) in [5.74, 6) is -1.28. The summed E-state index contributed by atoms with van der Waals surface area (Å²) in [5, 5.41) is 19.6. The number of nitro groups is 1. The third-order valence-electron chi connectivity index (χ3n) is 3.18. The highest BCUT2D eigenvalue weighted by Gasteiger charge is 2.17. The zero-order valence-electron chi connectivity index (χ0n) is 13.1. The minimum atomic E-state index is -0.640. The van der Waals surface area contributed by atoms with E-state index in [9.17, 15) is 24.8 Å². The van der Waals surface area contributed by atoms with Gasteiger partial charge >= 0.3 is 0 Å². The van der Waals surface area contributed by atoms with E-state index in [-0.39, 0.29) is 17.0 Å². The van der Waals surface area contributed by atoms with Crippen molar-refractivity contribution in [3.63, 3.8) is 0 Å². The number of nitrogens with zero attached hydrogens (tertiary/aromatic N) is 1. The Hall–Kier alpha value is -3.07. The number of phenols is 1. The zero-order valence-corrected chi connectivity index (χ0v) is 13.9. The Bertz CT molecular complexity index is 795. The minimum Gasteiger partial charge on any atom is -0.507 e. The summed E-state index contributed by atoms with van der Waals surface area (Å²) in [7, 11) is 0. The van der Waals surface area contributed by atoms with Gasteiger partial charge in [0.2, 0.25) is 0 Å². The molecule has 8 nitrogen and oxygen atoms in total. The molecule has 0 heterocycles. The first kappa shape index (κ1) is 18.3. The molecule has 2 aromatic rings. The van der Waals surface area contributed by atoms with Gasteiger partial charge in [0.05, 0.1) is 15.7 Å². The first-order valence-corrected chi connectivity index (χ1v) is 8.05. The first-order chi connectivity index (χ1) is 11.9. The number of nitro benzene ring substituents is 1. The largest absolute Gasteiger partial charge is 0.507 e. The molecule has 2 rings (SSSR count). The molecule has 2 amide bonds. The van der Waals surface area contributed by atoms with Crippen LogP contribution in [0.25, 0.3) is 0 Å². The number of aromatic hydroxyl groups is 1. The predicted molar refractivity (Wildman–Crippen MR) is 92.1 cm³/mol. The number of non-ortho nitro benzene ring substituents is 1. The third-order valence-corrected chi connectivity index (χ3v) is 4.29. The molecule has 0 radical (unpaired) electrons. The van der Waals surface area contributed by atoms with E-state index in [4.69, 9.17) is 0 Å². The quantitative estimate of drug-likeness (QED) is 0.426. The molecule has 9 heteroatoms. The Morgan fingerprint density at radius 1 is 1.12 bits per heavy atom. The normalized spacial score (nSPS) is 11.4. The van der Waals surface area contributed by atoms with Crippen molar-refractivity contribution in [2.45, 2.75) is 17.1 Å². The molecule has 1 atom stereocenters. The average Bonchev–Trinajstić information content (AvgIpc) is 2.60. The highest BCUT2D eigenvalue weighted by Crippen LogP contribution is 2.25. The van der Waals surface area contributed by atoms with Crippen molar-refractivity contribution in [1.82, 2.24) is 10.9 Å². The molecule has 0 aliphatic heterocycles. The summed E-state index contributed by atoms with van der Waals surface area (Å²) in [6, 6.07) is 11.8. The maximum absolute atomic E-state index is 12.0. The molecule has 0 bridgehead atoms. The lowest BCUT2D eigenvalue weighted by atomic mass is 10.2. The van der Waals surface area contributed by atoms with Gasteiger partial charge in [-0.25, -0.2) is 0 Å². The van der Waals surface area contributed by atoms with E-state index >= 15 is 0 Å². The number of nitrogens with one attached hydrogen (secondary N) is 2. The van der Waals surface area contributed by atoms with Crippen LogP contribution in [0.15, 0.2) is 53.4 Å². The Balaban J connectivity index is 1.89. The molecule has 0 aromatic heterocycles. The van der Waals surface area contributed by atoms with Gasteiger partial charge in [0, 0.05) is 17.0 Å². The van der Waals surface area contributed by atoms with Crippen LogP contribution < -0.4 is 10.9 Å². The van der Waals surface area contributed by atoms with E-state index in [1.165, 1.54) is 36.0 Å². The summed E-state index contributed by atoms with van der Waals surface area (Å²) in [6.07, 6.45) is 0. The number of phenolic OH excluding ortho intramolecular Hbond substituents is 1. The molecule has 0 aliphatic rings. The number of benzene rings is 2. The van der Waals surface area contributed by atoms with Crippen molar-refractivity contribution in [2.75, 3.05) is 0 Å². The molecule has 2 aromatic carbocycles. The monoisotopic (exact) mass is 361 g/mol. The van der Waals surface area contributed by atoms with Gasteiger partial charge in [0.15, 0.2) is 0 Å². The number of hydrogen-bond donors (Lipinski definition) is 3. The van der Waals surface area contributed by atoms with Gasteiger partial charge in [-0.2, -0.15) is 0 Å². The number of amides is 2. The van der Waals surface area contributed by atoms with Crippen molar-refractivity contribution in [1.29, 1.82) is 0 Å². The molecule has 130 valence electrons. The maximum Gasteiger partial charge on any atom is 0.273 e. The maximum atomic E-state index is 12.0. The number of hydrazine groups is 1. The zero-order chi connectivity index (χ0) is 18.4. The Morgan fingerprint density at radius 2 is 1.76 bits per heavy atom. The number of carbonyl (C=O) groups is 2. The highest BCUT2D eigenvalue weighted by molar-refractivity contribution is 8.00. The lowest BCUT2D eigenvalue weighted by molar-refractivity contribution is -0.384. The summed E-state index contributed by atoms with van der Waals surface area (Å²) in [6.45, 7) is 1.63. The Morgan fingerprint density at radius 3 is 2.36 bits per heavy atom. The second-order valence-corrected chi connectivity index (χ2v) is 6.39. The van der Waals surface area contributed by atoms with Gasteiger partial charge in [-0.15, -0.1) is 11.8 Å². The highest BCUT2D eigenvalue weighted by atomic mass is 32.2. The van der Waals surface area contributed by atoms with E-state index in [1.807, 2.05) is 0 Å². The molecule has 0 saturated carbocycles. The van der Waals surface area contributed by atoms with Gasteiger partial charge in [0.25, 0.3) is 17.5 Å². The molecule has 0 spiro atoms. The Labute approximate surface area is 147 Å². The van der Waals surface area contributed by atoms with Crippen LogP contribution in [-0.2, 0) is 4.79 Å². The van der Waals surface area contributed by atoms with Crippen LogP contribution in [0.3, 0.4) is 0 Å². The molecule has 0 saturated heterocycles. The van der Waals surface area contributed by atoms with Crippen molar-refractivity contribution in [3.8, 4) is 5.75 Å². The molecular formula is C16H15N3O5S. The summed E-state index contributed by atoms with van der Waals surface area (Å²) in [5.41, 5.74) is 4.52. The molecule has 0 fully saturated rings. The summed E-state index contributed by atoms with van der Waals surface area (Å²) in [4.78, 5) is 34.7. The average molecular weight is 361 g/mol. The number of para-hydroxylation sites is 1. The van der Waals surface area contributed by atoms with Crippen molar-refractivity contribution < 1.29 is 19.6 Å². The van der Waals surface area contributed by atoms with Crippen LogP contribution in [0, 0.1) is 10.1 Å². The molecule has 3 N–H and O–H groups in total. The van der Waals surface area contributed by atoms with E-state index in [0.717, 1.165) is 0 Å². The van der Waals surface area contributed by atoms with Crippen LogP contribution in [0.1, 0.15) is 17.3 Å². The molecule has 0 unspecified atom stereocenters. The van der Waals surface area contributed by atoms with Crippen LogP contribution in [0.2, 0.25) is 0 Å². The number of carbonyl (C=O) groups excluding carboxylic acids is 2. The SMILES string of the molecule is C[C@H](Sc1ccc([N+](=O)[O-])cc1)C(=O)NNC(=O)c1ccccc1O. The van der Waals surface area contributed by atoms with Gasteiger partial charge in [-0.1, -0.05) is 12.1 Å². The first-order valence-electron chi connectivity index (χ1n) is 7.18. The van der Waals surface area contributed by atoms with E-state index in [1.54, 1.807) is 31.2 Å². The van der Waals surface area contributed by atoms with Gasteiger partial charge in [-0.05, 0) is 31.2 Å². The van der Waals surface area contributed by atoms with E-state index in [0.29, 0.717) is 4.90 Å². The van der Waals surface area contributed by atoms with Crippen LogP contribution in [0.4, 0.5) is 5.69 Å². The van der Waals surface area contributed by atoms with Crippen LogP contribution in [-0.4, -0.2) is 27.1 Å². The van der Waals surface area contributed by atoms with Crippen LogP contribution >= 0.6 is 11.8 Å². The van der Waals surface area contributed by atoms with Gasteiger partial charge in [0.1, 0.15) is 5.75 Å². The van der Waals surface area contributed by atoms with E-state index in [2.05, 4.69) is 10.9 Å². The molecular weight excluding hydrogens is 346 g/mol. The molecule has 25 heavy (non-hydrogen) atoms. The van der Waals surface area contributed by atoms with Crippen molar-refractivity contribution >= 4 is 29.3 Å². The lowest BCUT2D eigenvalue weighted by Gasteiger charge is -2.13. The Kier molecular flexibility index (Phi) is 5.96. The third kappa shape index (κ3) is 4.95. The summed E-state index contributed by atoms with van der Waals surface area (Å²) < 4.78 is 0. The fourth-order valence-electron chi connectivity index (χ4n) is 1.86. The predicted octanol–water partition coefficient (Wildman–Crippen LogP) is 2.24. The van der Waals surface area contributed by atoms with Crippen LogP contribution in [0.5, 0.6) is 5.75 Å². The topological polar surface area (TPSA) is 122 Å². The van der Waals surface area contributed by atoms with Gasteiger partial charge in [-0.3, -0.25) is 30.6 Å². The number of rotatable bonds is 5. The fourth-order valence-corrected chi connectivity index (χ4v) is 2.72. The van der Waals surface area contributed by atoms with Gasteiger partial charge < -0.3 is 5.11 Å². The second kappa shape index (κ2) is 8.15. The molecule has 0 aliphatic carbocycles. The second-order valence-electron chi connectivity index (χ2n) is 4.97. The van der Waals surface area contributed by atoms with Crippen molar-refractivity contribution in [3.05, 3.63) is 64.2 Å². The lowest BCUT2D eigenvalue weighted by Crippen LogP contribution is -2.44. The summed E-state index contributed by atoms with van der Waals surface area (Å²) >= 11 is 1.19. The fraction of sp³-hybridized carbons (Fsp3) is 0.125. The van der Waals surface area contributed by atoms with E-state index < -0.39 is 22.0 Å². The minimum absolute atomic E-state index is 0.0311. The number of hydrogen-bond acceptors (Lipinski definition) is 6. The standard InChI is InChI=1S/C16H15N3O5S/c1-10(25-12-8-6-11(7-9-12)19(23)24)15(21)17-18-16(22)13-4-2-3-5-14(13)20/h2-10,20H,1H3,(H,17,21)(H,18,22)/t10-/m0/s1.